The van der Waals surface area contributed by atoms with Gasteiger partial charge in [-0.1, -0.05) is 37.3 Å². The predicted molar refractivity (Wildman–Crippen MR) is 138 cm³/mol. The summed E-state index contributed by atoms with van der Waals surface area (Å²) >= 11 is 0. The Morgan fingerprint density at radius 2 is 1.75 bits per heavy atom. The molecule has 36 heavy (non-hydrogen) atoms. The molecule has 1 aromatic heterocycles. The Hall–Kier alpha value is -3.69. The number of fused-ring (bicyclic) bond motifs is 1. The molecule has 0 spiro atoms. The zero-order valence-corrected chi connectivity index (χ0v) is 20.7. The highest BCUT2D eigenvalue weighted by atomic mass is 16.5. The van der Waals surface area contributed by atoms with Crippen LogP contribution in [0.4, 0.5) is 11.5 Å². The first kappa shape index (κ1) is 24.0. The van der Waals surface area contributed by atoms with E-state index >= 15 is 0 Å². The summed E-state index contributed by atoms with van der Waals surface area (Å²) in [5, 5.41) is 10.2. The Morgan fingerprint density at radius 1 is 1.03 bits per heavy atom. The minimum atomic E-state index is -0.676. The zero-order valence-electron chi connectivity index (χ0n) is 20.7. The molecule has 2 aromatic carbocycles. The number of piperazine rings is 1. The number of methoxy groups -OCH3 is 1. The lowest BCUT2D eigenvalue weighted by molar-refractivity contribution is -0.143. The number of amides is 2. The maximum Gasteiger partial charge on any atom is 0.256 e. The summed E-state index contributed by atoms with van der Waals surface area (Å²) in [4.78, 5) is 32.6. The third-order valence-electron chi connectivity index (χ3n) is 7.07. The minimum absolute atomic E-state index is 0.124. The highest BCUT2D eigenvalue weighted by Gasteiger charge is 2.33. The molecular weight excluding hydrogens is 456 g/mol. The van der Waals surface area contributed by atoms with Crippen LogP contribution < -0.4 is 10.2 Å². The molecule has 9 heteroatoms. The van der Waals surface area contributed by atoms with E-state index in [1.807, 2.05) is 54.6 Å². The summed E-state index contributed by atoms with van der Waals surface area (Å²) in [6, 6.07) is 17.1. The van der Waals surface area contributed by atoms with Crippen molar-refractivity contribution in [2.24, 2.45) is 0 Å². The molecule has 2 aliphatic heterocycles. The maximum absolute atomic E-state index is 13.2. The summed E-state index contributed by atoms with van der Waals surface area (Å²) in [6.45, 7) is 8.10. The summed E-state index contributed by atoms with van der Waals surface area (Å²) in [6.07, 6.45) is -0.676. The van der Waals surface area contributed by atoms with Crippen molar-refractivity contribution < 1.29 is 14.3 Å². The number of H-pyrrole nitrogens is 1. The van der Waals surface area contributed by atoms with E-state index in [0.29, 0.717) is 24.5 Å². The second-order valence-electron chi connectivity index (χ2n) is 9.17. The highest BCUT2D eigenvalue weighted by molar-refractivity contribution is 6.04. The monoisotopic (exact) mass is 488 g/mol. The van der Waals surface area contributed by atoms with Crippen LogP contribution in [0, 0.1) is 0 Å². The molecule has 0 aliphatic carbocycles. The van der Waals surface area contributed by atoms with Gasteiger partial charge in [0.15, 0.2) is 11.9 Å². The molecule has 3 aromatic rings. The fraction of sp³-hybridized carbons (Fsp3) is 0.370. The fourth-order valence-corrected chi connectivity index (χ4v) is 4.90. The molecule has 3 heterocycles. The number of carbonyl (C=O) groups is 2. The Kier molecular flexibility index (Phi) is 7.02. The molecule has 0 bridgehead atoms. The Balaban J connectivity index is 1.22. The summed E-state index contributed by atoms with van der Waals surface area (Å²) in [5.41, 5.74) is 4.15. The normalized spacial score (nSPS) is 16.6. The van der Waals surface area contributed by atoms with Crippen LogP contribution in [0.3, 0.4) is 0 Å². The van der Waals surface area contributed by atoms with Gasteiger partial charge in [-0.15, -0.1) is 0 Å². The largest absolute Gasteiger partial charge is 0.369 e. The average molecular weight is 489 g/mol. The smallest absolute Gasteiger partial charge is 0.256 e. The van der Waals surface area contributed by atoms with Gasteiger partial charge in [0.25, 0.3) is 11.8 Å². The zero-order chi connectivity index (χ0) is 25.1. The minimum Gasteiger partial charge on any atom is -0.369 e. The molecule has 0 radical (unpaired) electrons. The molecule has 2 aliphatic rings. The Labute approximate surface area is 211 Å². The van der Waals surface area contributed by atoms with E-state index in [1.165, 1.54) is 7.11 Å². The number of rotatable bonds is 7. The van der Waals surface area contributed by atoms with Gasteiger partial charge in [0.05, 0.1) is 18.8 Å². The molecule has 1 saturated heterocycles. The summed E-state index contributed by atoms with van der Waals surface area (Å²) < 4.78 is 5.51. The first-order chi connectivity index (χ1) is 17.6. The number of nitrogens with one attached hydrogen (secondary N) is 2. The summed E-state index contributed by atoms with van der Waals surface area (Å²) in [7, 11) is 1.54. The third kappa shape index (κ3) is 4.84. The molecule has 0 unspecified atom stereocenters. The van der Waals surface area contributed by atoms with Crippen molar-refractivity contribution in [2.75, 3.05) is 50.1 Å². The third-order valence-corrected chi connectivity index (χ3v) is 7.07. The number of carbonyl (C=O) groups excluding carboxylic acids is 2. The molecule has 2 amide bonds. The lowest BCUT2D eigenvalue weighted by Crippen LogP contribution is -2.46. The molecule has 188 valence electrons. The van der Waals surface area contributed by atoms with Crippen LogP contribution >= 0.6 is 0 Å². The molecule has 9 nitrogen and oxygen atoms in total. The number of likely N-dealkylation sites (N-methyl/N-ethyl adjacent to an activating group) is 1. The van der Waals surface area contributed by atoms with Crippen LogP contribution in [-0.2, 0) is 22.6 Å². The van der Waals surface area contributed by atoms with Crippen molar-refractivity contribution in [3.05, 3.63) is 77.0 Å². The number of ether oxygens (including phenoxy) is 1. The SMILES string of the molecule is CCN1CCN(c2ccc(C(=O)Nc3n[nH]c4c3CN(C(=O)[C@H](OC)c3ccccc3)C4)cc2)CC1. The van der Waals surface area contributed by atoms with Gasteiger partial charge in [0.1, 0.15) is 0 Å². The second kappa shape index (κ2) is 10.5. The number of aromatic amines is 1. The van der Waals surface area contributed by atoms with Gasteiger partial charge in [-0.2, -0.15) is 5.10 Å². The molecule has 2 N–H and O–H groups in total. The Morgan fingerprint density at radius 3 is 2.42 bits per heavy atom. The molecule has 5 rings (SSSR count). The first-order valence-corrected chi connectivity index (χ1v) is 12.4. The summed E-state index contributed by atoms with van der Waals surface area (Å²) in [5.74, 6) is 0.107. The van der Waals surface area contributed by atoms with Crippen LogP contribution in [0.15, 0.2) is 54.6 Å². The lowest BCUT2D eigenvalue weighted by atomic mass is 10.1. The van der Waals surface area contributed by atoms with Crippen molar-refractivity contribution >= 4 is 23.3 Å². The molecule has 0 saturated carbocycles. The quantitative estimate of drug-likeness (QED) is 0.531. The Bertz CT molecular complexity index is 1200. The number of hydrogen-bond acceptors (Lipinski definition) is 6. The lowest BCUT2D eigenvalue weighted by Gasteiger charge is -2.35. The van der Waals surface area contributed by atoms with Crippen LogP contribution in [-0.4, -0.2) is 71.6 Å². The maximum atomic E-state index is 13.2. The molecule has 1 fully saturated rings. The van der Waals surface area contributed by atoms with E-state index in [-0.39, 0.29) is 11.8 Å². The number of aromatic nitrogens is 2. The van der Waals surface area contributed by atoms with Crippen LogP contribution in [0.1, 0.15) is 40.2 Å². The fourth-order valence-electron chi connectivity index (χ4n) is 4.90. The number of anilines is 2. The van der Waals surface area contributed by atoms with Gasteiger partial charge in [-0.05, 0) is 36.4 Å². The van der Waals surface area contributed by atoms with Gasteiger partial charge in [0.2, 0.25) is 0 Å². The topological polar surface area (TPSA) is 93.8 Å². The van der Waals surface area contributed by atoms with E-state index in [1.54, 1.807) is 4.90 Å². The average Bonchev–Trinajstić information content (AvgIpc) is 3.52. The van der Waals surface area contributed by atoms with Crippen LogP contribution in [0.25, 0.3) is 0 Å². The van der Waals surface area contributed by atoms with Crippen molar-refractivity contribution in [1.29, 1.82) is 0 Å². The number of hydrogen-bond donors (Lipinski definition) is 2. The van der Waals surface area contributed by atoms with E-state index < -0.39 is 6.10 Å². The van der Waals surface area contributed by atoms with E-state index in [0.717, 1.165) is 55.2 Å². The van der Waals surface area contributed by atoms with Gasteiger partial charge in [-0.3, -0.25) is 14.7 Å². The van der Waals surface area contributed by atoms with Crippen molar-refractivity contribution in [1.82, 2.24) is 20.0 Å². The van der Waals surface area contributed by atoms with Gasteiger partial charge >= 0.3 is 0 Å². The number of benzene rings is 2. The predicted octanol–water partition coefficient (Wildman–Crippen LogP) is 3.03. The van der Waals surface area contributed by atoms with Crippen LogP contribution in [0.2, 0.25) is 0 Å². The first-order valence-electron chi connectivity index (χ1n) is 12.4. The standard InChI is InChI=1S/C27H32N6O3/c1-3-31-13-15-32(16-14-31)21-11-9-20(10-12-21)26(34)28-25-22-17-33(18-23(22)29-30-25)27(35)24(36-2)19-7-5-4-6-8-19/h4-12,24H,3,13-18H2,1-2H3,(H2,28,29,30,34)/t24-/m1/s1. The number of nitrogens with zero attached hydrogens (tertiary/aromatic N) is 4. The van der Waals surface area contributed by atoms with Crippen molar-refractivity contribution in [2.45, 2.75) is 26.1 Å². The van der Waals surface area contributed by atoms with Crippen molar-refractivity contribution in [3.8, 4) is 0 Å². The van der Waals surface area contributed by atoms with E-state index in [2.05, 4.69) is 32.2 Å². The highest BCUT2D eigenvalue weighted by Crippen LogP contribution is 2.31. The van der Waals surface area contributed by atoms with E-state index in [4.69, 9.17) is 4.74 Å². The van der Waals surface area contributed by atoms with Gasteiger partial charge < -0.3 is 24.8 Å². The molecule has 1 atom stereocenters. The van der Waals surface area contributed by atoms with Crippen molar-refractivity contribution in [3.63, 3.8) is 0 Å². The second-order valence-corrected chi connectivity index (χ2v) is 9.17. The van der Waals surface area contributed by atoms with Gasteiger partial charge in [0, 0.05) is 50.1 Å². The van der Waals surface area contributed by atoms with Gasteiger partial charge in [-0.25, -0.2) is 0 Å². The van der Waals surface area contributed by atoms with Crippen LogP contribution in [0.5, 0.6) is 0 Å². The van der Waals surface area contributed by atoms with E-state index in [9.17, 15) is 9.59 Å². The molecular formula is C27H32N6O3.